The molecular formula is C10H18N2O5. The number of methoxy groups -OCH3 is 1. The predicted octanol–water partition coefficient (Wildman–Crippen LogP) is -0.865. The molecule has 0 aromatic rings. The van der Waals surface area contributed by atoms with E-state index in [0.29, 0.717) is 19.4 Å². The number of hydrogen-bond acceptors (Lipinski definition) is 5. The summed E-state index contributed by atoms with van der Waals surface area (Å²) >= 11 is 0. The van der Waals surface area contributed by atoms with E-state index in [1.165, 1.54) is 7.11 Å². The summed E-state index contributed by atoms with van der Waals surface area (Å²) < 4.78 is 5.07. The first-order valence-corrected chi connectivity index (χ1v) is 5.44. The molecule has 1 saturated heterocycles. The Balaban J connectivity index is 2.50. The topological polar surface area (TPSA) is 96.9 Å². The SMILES string of the molecule is COCC1(C(=O)NOCC(=O)O)CCNCC1. The highest BCUT2D eigenvalue weighted by atomic mass is 16.7. The molecule has 1 aliphatic rings. The lowest BCUT2D eigenvalue weighted by Gasteiger charge is -2.35. The van der Waals surface area contributed by atoms with E-state index in [4.69, 9.17) is 9.84 Å². The molecule has 1 heterocycles. The maximum absolute atomic E-state index is 12.0. The van der Waals surface area contributed by atoms with E-state index in [-0.39, 0.29) is 5.91 Å². The van der Waals surface area contributed by atoms with Crippen LogP contribution >= 0.6 is 0 Å². The van der Waals surface area contributed by atoms with Crippen molar-refractivity contribution in [2.75, 3.05) is 33.4 Å². The van der Waals surface area contributed by atoms with Crippen LogP contribution in [0, 0.1) is 5.41 Å². The molecule has 0 bridgehead atoms. The van der Waals surface area contributed by atoms with Gasteiger partial charge in [0.2, 0.25) is 0 Å². The second-order valence-corrected chi connectivity index (χ2v) is 4.08. The van der Waals surface area contributed by atoms with Crippen LogP contribution in [0.3, 0.4) is 0 Å². The Kier molecular flexibility index (Phi) is 5.33. The van der Waals surface area contributed by atoms with Gasteiger partial charge < -0.3 is 15.2 Å². The van der Waals surface area contributed by atoms with Gasteiger partial charge in [-0.2, -0.15) is 0 Å². The molecule has 1 fully saturated rings. The van der Waals surface area contributed by atoms with Crippen LogP contribution < -0.4 is 10.8 Å². The van der Waals surface area contributed by atoms with Crippen molar-refractivity contribution in [3.05, 3.63) is 0 Å². The molecule has 0 radical (unpaired) electrons. The number of amides is 1. The first-order valence-electron chi connectivity index (χ1n) is 5.44. The normalized spacial score (nSPS) is 18.6. The van der Waals surface area contributed by atoms with Crippen molar-refractivity contribution in [3.8, 4) is 0 Å². The highest BCUT2D eigenvalue weighted by Crippen LogP contribution is 2.29. The lowest BCUT2D eigenvalue weighted by atomic mass is 9.79. The second kappa shape index (κ2) is 6.53. The highest BCUT2D eigenvalue weighted by molar-refractivity contribution is 5.82. The minimum Gasteiger partial charge on any atom is -0.479 e. The number of rotatable bonds is 6. The first kappa shape index (κ1) is 13.9. The third kappa shape index (κ3) is 3.95. The number of nitrogens with one attached hydrogen (secondary N) is 2. The maximum Gasteiger partial charge on any atom is 0.332 e. The Morgan fingerprint density at radius 1 is 1.41 bits per heavy atom. The van der Waals surface area contributed by atoms with Crippen LogP contribution in [-0.2, 0) is 19.2 Å². The van der Waals surface area contributed by atoms with Gasteiger partial charge in [-0.05, 0) is 25.9 Å². The quantitative estimate of drug-likeness (QED) is 0.527. The summed E-state index contributed by atoms with van der Waals surface area (Å²) in [5.74, 6) is -1.45. The van der Waals surface area contributed by atoms with Crippen molar-refractivity contribution in [1.29, 1.82) is 0 Å². The summed E-state index contributed by atoms with van der Waals surface area (Å²) in [5, 5.41) is 11.5. The van der Waals surface area contributed by atoms with E-state index in [9.17, 15) is 9.59 Å². The lowest BCUT2D eigenvalue weighted by molar-refractivity contribution is -0.156. The van der Waals surface area contributed by atoms with Crippen LogP contribution in [-0.4, -0.2) is 50.4 Å². The van der Waals surface area contributed by atoms with Crippen LogP contribution in [0.1, 0.15) is 12.8 Å². The number of ether oxygens (including phenoxy) is 1. The van der Waals surface area contributed by atoms with E-state index in [1.807, 2.05) is 0 Å². The molecule has 3 N–H and O–H groups in total. The summed E-state index contributed by atoms with van der Waals surface area (Å²) in [6.07, 6.45) is 1.28. The summed E-state index contributed by atoms with van der Waals surface area (Å²) in [5.41, 5.74) is 1.56. The van der Waals surface area contributed by atoms with E-state index in [0.717, 1.165) is 13.1 Å². The molecule has 0 aromatic heterocycles. The van der Waals surface area contributed by atoms with Gasteiger partial charge in [-0.25, -0.2) is 10.3 Å². The largest absolute Gasteiger partial charge is 0.479 e. The van der Waals surface area contributed by atoms with Gasteiger partial charge in [0.15, 0.2) is 6.61 Å². The third-order valence-corrected chi connectivity index (χ3v) is 2.82. The van der Waals surface area contributed by atoms with Crippen LogP contribution in [0.4, 0.5) is 0 Å². The molecule has 0 saturated carbocycles. The predicted molar refractivity (Wildman–Crippen MR) is 58.1 cm³/mol. The van der Waals surface area contributed by atoms with E-state index < -0.39 is 18.0 Å². The van der Waals surface area contributed by atoms with Crippen LogP contribution in [0.5, 0.6) is 0 Å². The Bertz CT molecular complexity index is 270. The van der Waals surface area contributed by atoms with Crippen molar-refractivity contribution < 1.29 is 24.3 Å². The smallest absolute Gasteiger partial charge is 0.332 e. The van der Waals surface area contributed by atoms with Crippen molar-refractivity contribution >= 4 is 11.9 Å². The average Bonchev–Trinajstić information content (AvgIpc) is 2.30. The fraction of sp³-hybridized carbons (Fsp3) is 0.800. The molecule has 17 heavy (non-hydrogen) atoms. The first-order chi connectivity index (χ1) is 8.10. The molecule has 0 aliphatic carbocycles. The number of carboxylic acids is 1. The van der Waals surface area contributed by atoms with Gasteiger partial charge in [-0.15, -0.1) is 0 Å². The standard InChI is InChI=1S/C10H18N2O5/c1-16-7-10(2-4-11-5-3-10)9(15)12-17-6-8(13)14/h11H,2-7H2,1H3,(H,12,15)(H,13,14). The number of hydroxylamine groups is 1. The zero-order valence-electron chi connectivity index (χ0n) is 9.82. The van der Waals surface area contributed by atoms with Crippen molar-refractivity contribution in [2.24, 2.45) is 5.41 Å². The van der Waals surface area contributed by atoms with Gasteiger partial charge in [-0.1, -0.05) is 0 Å². The molecular weight excluding hydrogens is 228 g/mol. The number of carboxylic acid groups (broad SMARTS) is 1. The zero-order valence-corrected chi connectivity index (χ0v) is 9.82. The van der Waals surface area contributed by atoms with Crippen LogP contribution in [0.15, 0.2) is 0 Å². The van der Waals surface area contributed by atoms with Crippen LogP contribution in [0.25, 0.3) is 0 Å². The molecule has 1 amide bonds. The van der Waals surface area contributed by atoms with Crippen molar-refractivity contribution in [1.82, 2.24) is 10.8 Å². The fourth-order valence-corrected chi connectivity index (χ4v) is 1.89. The maximum atomic E-state index is 12.0. The van der Waals surface area contributed by atoms with Crippen molar-refractivity contribution in [2.45, 2.75) is 12.8 Å². The van der Waals surface area contributed by atoms with E-state index >= 15 is 0 Å². The molecule has 0 spiro atoms. The molecule has 1 rings (SSSR count). The number of carbonyl (C=O) groups excluding carboxylic acids is 1. The Morgan fingerprint density at radius 3 is 2.59 bits per heavy atom. The summed E-state index contributed by atoms with van der Waals surface area (Å²) in [6, 6.07) is 0. The molecule has 0 unspecified atom stereocenters. The van der Waals surface area contributed by atoms with Crippen molar-refractivity contribution in [3.63, 3.8) is 0 Å². The highest BCUT2D eigenvalue weighted by Gasteiger charge is 2.39. The Labute approximate surface area is 99.4 Å². The molecule has 98 valence electrons. The van der Waals surface area contributed by atoms with Gasteiger partial charge in [0, 0.05) is 7.11 Å². The minimum atomic E-state index is -1.13. The summed E-state index contributed by atoms with van der Waals surface area (Å²) in [7, 11) is 1.54. The van der Waals surface area contributed by atoms with E-state index in [1.54, 1.807) is 0 Å². The number of aliphatic carboxylic acids is 1. The van der Waals surface area contributed by atoms with Gasteiger partial charge in [0.05, 0.1) is 12.0 Å². The number of piperidine rings is 1. The molecule has 7 heteroatoms. The van der Waals surface area contributed by atoms with E-state index in [2.05, 4.69) is 15.6 Å². The summed E-state index contributed by atoms with van der Waals surface area (Å²) in [6.45, 7) is 1.22. The van der Waals surface area contributed by atoms with Gasteiger partial charge in [0.25, 0.3) is 5.91 Å². The lowest BCUT2D eigenvalue weighted by Crippen LogP contribution is -2.50. The van der Waals surface area contributed by atoms with Crippen LogP contribution in [0.2, 0.25) is 0 Å². The third-order valence-electron chi connectivity index (χ3n) is 2.82. The Hall–Kier alpha value is -1.18. The second-order valence-electron chi connectivity index (χ2n) is 4.08. The van der Waals surface area contributed by atoms with Gasteiger partial charge in [0.1, 0.15) is 0 Å². The number of carbonyl (C=O) groups is 2. The molecule has 1 aliphatic heterocycles. The molecule has 7 nitrogen and oxygen atoms in total. The fourth-order valence-electron chi connectivity index (χ4n) is 1.89. The van der Waals surface area contributed by atoms with Gasteiger partial charge in [-0.3, -0.25) is 9.63 Å². The zero-order chi connectivity index (χ0) is 12.7. The van der Waals surface area contributed by atoms with Gasteiger partial charge >= 0.3 is 5.97 Å². The molecule has 0 aromatic carbocycles. The average molecular weight is 246 g/mol. The number of hydrogen-bond donors (Lipinski definition) is 3. The Morgan fingerprint density at radius 2 is 2.06 bits per heavy atom. The summed E-state index contributed by atoms with van der Waals surface area (Å²) in [4.78, 5) is 26.8. The minimum absolute atomic E-state index is 0.303. The molecule has 0 atom stereocenters. The monoisotopic (exact) mass is 246 g/mol.